The zero-order chi connectivity index (χ0) is 37.7. The van der Waals surface area contributed by atoms with E-state index in [-0.39, 0.29) is 0 Å². The molecule has 0 aliphatic heterocycles. The maximum atomic E-state index is 6.55. The van der Waals surface area contributed by atoms with E-state index in [1.54, 1.807) is 0 Å². The Morgan fingerprint density at radius 3 is 1.82 bits per heavy atom. The second kappa shape index (κ2) is 13.6. The Labute approximate surface area is 330 Å². The summed E-state index contributed by atoms with van der Waals surface area (Å²) < 4.78 is 8.98. The lowest BCUT2D eigenvalue weighted by atomic mass is 9.99. The fourth-order valence-electron chi connectivity index (χ4n) is 8.41. The molecule has 0 aliphatic carbocycles. The summed E-state index contributed by atoms with van der Waals surface area (Å²) in [6.45, 7) is 0. The van der Waals surface area contributed by atoms with Crippen molar-refractivity contribution in [1.82, 2.24) is 9.55 Å². The van der Waals surface area contributed by atoms with Crippen molar-refractivity contribution in [2.24, 2.45) is 0 Å². The van der Waals surface area contributed by atoms with Crippen LogP contribution in [0.1, 0.15) is 0 Å². The number of oxazole rings is 1. The van der Waals surface area contributed by atoms with Crippen molar-refractivity contribution in [2.45, 2.75) is 0 Å². The molecule has 0 aliphatic rings. The van der Waals surface area contributed by atoms with E-state index < -0.39 is 0 Å². The molecule has 9 aromatic carbocycles. The first-order valence-corrected chi connectivity index (χ1v) is 19.3. The van der Waals surface area contributed by atoms with Crippen LogP contribution >= 0.6 is 0 Å². The van der Waals surface area contributed by atoms with Crippen molar-refractivity contribution >= 4 is 60.7 Å². The highest BCUT2D eigenvalue weighted by Crippen LogP contribution is 2.48. The molecule has 0 fully saturated rings. The molecule has 2 aromatic heterocycles. The van der Waals surface area contributed by atoms with E-state index in [4.69, 9.17) is 9.40 Å². The Hall–Kier alpha value is -7.69. The number of anilines is 3. The van der Waals surface area contributed by atoms with Gasteiger partial charge in [-0.05, 0) is 88.8 Å². The van der Waals surface area contributed by atoms with Gasteiger partial charge in [-0.25, -0.2) is 4.98 Å². The lowest BCUT2D eigenvalue weighted by Crippen LogP contribution is -2.11. The number of rotatable bonds is 7. The van der Waals surface area contributed by atoms with Crippen molar-refractivity contribution in [1.29, 1.82) is 0 Å². The van der Waals surface area contributed by atoms with Gasteiger partial charge in [0.2, 0.25) is 5.89 Å². The topological polar surface area (TPSA) is 34.2 Å². The molecule has 0 spiro atoms. The summed E-state index contributed by atoms with van der Waals surface area (Å²) in [4.78, 5) is 7.33. The fourth-order valence-corrected chi connectivity index (χ4v) is 8.41. The number of nitrogens with zero attached hydrogens (tertiary/aromatic N) is 3. The van der Waals surface area contributed by atoms with Crippen molar-refractivity contribution in [3.63, 3.8) is 0 Å². The van der Waals surface area contributed by atoms with Crippen LogP contribution in [0.5, 0.6) is 0 Å². The minimum absolute atomic E-state index is 0.613. The summed E-state index contributed by atoms with van der Waals surface area (Å²) in [5.74, 6) is 0.613. The molecule has 4 heteroatoms. The summed E-state index contributed by atoms with van der Waals surface area (Å²) in [6.07, 6.45) is 0. The van der Waals surface area contributed by atoms with Gasteiger partial charge in [-0.1, -0.05) is 146 Å². The van der Waals surface area contributed by atoms with Crippen molar-refractivity contribution < 1.29 is 4.42 Å². The van der Waals surface area contributed by atoms with E-state index in [0.717, 1.165) is 61.6 Å². The van der Waals surface area contributed by atoms with Crippen LogP contribution in [0.15, 0.2) is 217 Å². The highest BCUT2D eigenvalue weighted by atomic mass is 16.3. The summed E-state index contributed by atoms with van der Waals surface area (Å²) in [6, 6.07) is 75.3. The minimum atomic E-state index is 0.613. The van der Waals surface area contributed by atoms with Crippen LogP contribution in [-0.4, -0.2) is 9.55 Å². The van der Waals surface area contributed by atoms with Gasteiger partial charge >= 0.3 is 0 Å². The Morgan fingerprint density at radius 2 is 1.05 bits per heavy atom. The number of benzene rings is 9. The lowest BCUT2D eigenvalue weighted by Gasteiger charge is -2.28. The first kappa shape index (κ1) is 32.7. The highest BCUT2D eigenvalue weighted by Gasteiger charge is 2.24. The van der Waals surface area contributed by atoms with Crippen LogP contribution in [0.25, 0.3) is 83.1 Å². The van der Waals surface area contributed by atoms with Crippen LogP contribution in [0, 0.1) is 0 Å². The zero-order valence-electron chi connectivity index (χ0n) is 31.0. The maximum absolute atomic E-state index is 6.55. The minimum Gasteiger partial charge on any atom is -0.435 e. The smallest absolute Gasteiger partial charge is 0.227 e. The van der Waals surface area contributed by atoms with E-state index in [9.17, 15) is 0 Å². The Bertz CT molecular complexity index is 3240. The predicted octanol–water partition coefficient (Wildman–Crippen LogP) is 14.5. The molecule has 0 bridgehead atoms. The second-order valence-electron chi connectivity index (χ2n) is 14.4. The Kier molecular flexibility index (Phi) is 7.78. The van der Waals surface area contributed by atoms with Crippen molar-refractivity contribution in [3.05, 3.63) is 212 Å². The monoisotopic (exact) mass is 729 g/mol. The molecule has 11 aromatic rings. The molecule has 0 amide bonds. The third-order valence-electron chi connectivity index (χ3n) is 11.0. The van der Waals surface area contributed by atoms with Crippen LogP contribution in [0.4, 0.5) is 17.1 Å². The van der Waals surface area contributed by atoms with E-state index >= 15 is 0 Å². The van der Waals surface area contributed by atoms with Crippen LogP contribution in [0.3, 0.4) is 0 Å². The van der Waals surface area contributed by atoms with Gasteiger partial charge in [0, 0.05) is 44.3 Å². The third kappa shape index (κ3) is 5.58. The standard InChI is InChI=1S/C53H35N3O/c1-4-17-36(18-5-1)38-22-14-26-42(33-38)55(43-27-15-23-39(34-43)45-30-16-31-47-52(45)57-53(54-47)37-19-6-2-7-20-37)49-35-40-21-10-11-28-44(40)51-50(49)46-29-12-13-32-48(46)56(51)41-24-8-3-9-25-41/h1-35H. The molecule has 2 heterocycles. The number of para-hydroxylation sites is 3. The molecule has 0 unspecified atom stereocenters. The quantitative estimate of drug-likeness (QED) is 0.164. The van der Waals surface area contributed by atoms with Crippen LogP contribution in [-0.2, 0) is 0 Å². The van der Waals surface area contributed by atoms with E-state index in [1.807, 2.05) is 36.4 Å². The highest BCUT2D eigenvalue weighted by molar-refractivity contribution is 6.24. The van der Waals surface area contributed by atoms with Crippen LogP contribution in [0.2, 0.25) is 0 Å². The normalized spacial score (nSPS) is 11.5. The molecule has 0 saturated carbocycles. The van der Waals surface area contributed by atoms with E-state index in [2.05, 4.69) is 185 Å². The first-order chi connectivity index (χ1) is 28.3. The van der Waals surface area contributed by atoms with Gasteiger partial charge in [0.1, 0.15) is 5.52 Å². The van der Waals surface area contributed by atoms with Crippen molar-refractivity contribution in [2.75, 3.05) is 4.90 Å². The first-order valence-electron chi connectivity index (χ1n) is 19.3. The molecular weight excluding hydrogens is 695 g/mol. The molecule has 0 atom stereocenters. The second-order valence-corrected chi connectivity index (χ2v) is 14.4. The Morgan fingerprint density at radius 1 is 0.456 bits per heavy atom. The average Bonchev–Trinajstić information content (AvgIpc) is 3.88. The Balaban J connectivity index is 1.20. The summed E-state index contributed by atoms with van der Waals surface area (Å²) in [5.41, 5.74) is 13.6. The van der Waals surface area contributed by atoms with Crippen LogP contribution < -0.4 is 4.90 Å². The molecule has 0 radical (unpaired) electrons. The van der Waals surface area contributed by atoms with Gasteiger partial charge in [-0.2, -0.15) is 0 Å². The van der Waals surface area contributed by atoms with Gasteiger partial charge in [0.15, 0.2) is 5.58 Å². The molecular formula is C53H35N3O. The number of aromatic nitrogens is 2. The predicted molar refractivity (Wildman–Crippen MR) is 237 cm³/mol. The number of hydrogen-bond donors (Lipinski definition) is 0. The summed E-state index contributed by atoms with van der Waals surface area (Å²) in [5, 5.41) is 4.75. The summed E-state index contributed by atoms with van der Waals surface area (Å²) >= 11 is 0. The molecule has 0 N–H and O–H groups in total. The summed E-state index contributed by atoms with van der Waals surface area (Å²) in [7, 11) is 0. The largest absolute Gasteiger partial charge is 0.435 e. The fraction of sp³-hybridized carbons (Fsp3) is 0. The van der Waals surface area contributed by atoms with Gasteiger partial charge in [-0.15, -0.1) is 0 Å². The van der Waals surface area contributed by atoms with E-state index in [1.165, 1.54) is 32.6 Å². The molecule has 268 valence electrons. The van der Waals surface area contributed by atoms with E-state index in [0.29, 0.717) is 5.89 Å². The SMILES string of the molecule is c1ccc(-c2cccc(N(c3cccc(-c4cccc5nc(-c6ccccc6)oc45)c3)c3cc4ccccc4c4c3c3ccccc3n4-c3ccccc3)c2)cc1. The zero-order valence-corrected chi connectivity index (χ0v) is 31.0. The van der Waals surface area contributed by atoms with Gasteiger partial charge in [0.05, 0.1) is 16.7 Å². The molecule has 0 saturated heterocycles. The van der Waals surface area contributed by atoms with Gasteiger partial charge in [0.25, 0.3) is 0 Å². The number of hydrogen-bond acceptors (Lipinski definition) is 3. The molecule has 11 rings (SSSR count). The maximum Gasteiger partial charge on any atom is 0.227 e. The lowest BCUT2D eigenvalue weighted by molar-refractivity contribution is 0.621. The molecule has 4 nitrogen and oxygen atoms in total. The molecule has 57 heavy (non-hydrogen) atoms. The number of fused-ring (bicyclic) bond motifs is 6. The van der Waals surface area contributed by atoms with Gasteiger partial charge < -0.3 is 13.9 Å². The third-order valence-corrected chi connectivity index (χ3v) is 11.0. The average molecular weight is 730 g/mol. The van der Waals surface area contributed by atoms with Crippen molar-refractivity contribution in [3.8, 4) is 39.4 Å². The van der Waals surface area contributed by atoms with Gasteiger partial charge in [-0.3, -0.25) is 0 Å².